The van der Waals surface area contributed by atoms with Crippen LogP contribution >= 0.6 is 0 Å². The van der Waals surface area contributed by atoms with Crippen LogP contribution in [0.3, 0.4) is 0 Å². The van der Waals surface area contributed by atoms with Crippen LogP contribution < -0.4 is 4.74 Å². The van der Waals surface area contributed by atoms with Crippen molar-refractivity contribution in [1.82, 2.24) is 19.3 Å². The van der Waals surface area contributed by atoms with Crippen molar-refractivity contribution in [3.8, 4) is 34.1 Å². The Morgan fingerprint density at radius 3 is 2.33 bits per heavy atom. The molecule has 5 nitrogen and oxygen atoms in total. The Hall–Kier alpha value is -5.16. The van der Waals surface area contributed by atoms with Gasteiger partial charge in [-0.3, -0.25) is 4.57 Å². The Kier molecular flexibility index (Phi) is 7.68. The number of aromatic nitrogens is 4. The molecule has 45 heavy (non-hydrogen) atoms. The summed E-state index contributed by atoms with van der Waals surface area (Å²) in [6.07, 6.45) is 4.87. The average molecular weight is 591 g/mol. The molecule has 0 bridgehead atoms. The molecule has 0 aliphatic rings. The third kappa shape index (κ3) is 5.29. The summed E-state index contributed by atoms with van der Waals surface area (Å²) in [6.45, 7) is 8.86. The van der Waals surface area contributed by atoms with Crippen LogP contribution in [0.25, 0.3) is 44.4 Å². The van der Waals surface area contributed by atoms with Crippen LogP contribution in [-0.4, -0.2) is 19.3 Å². The molecule has 4 aromatic carbocycles. The fourth-order valence-corrected chi connectivity index (χ4v) is 6.37. The Balaban J connectivity index is 1.32. The van der Waals surface area contributed by atoms with Crippen molar-refractivity contribution in [2.75, 3.05) is 0 Å². The molecule has 5 heteroatoms. The fourth-order valence-electron chi connectivity index (χ4n) is 6.37. The highest BCUT2D eigenvalue weighted by Crippen LogP contribution is 2.38. The summed E-state index contributed by atoms with van der Waals surface area (Å²) in [5, 5.41) is 7.59. The third-order valence-electron chi connectivity index (χ3n) is 8.70. The standard InChI is InChI=1S/C40H38N4O/c1-5-13-35-39(29-14-8-7-9-15-29)40(28(4)6-2)44(42-35)30-16-12-17-31(25-30)45-32-20-21-34-33-18-10-11-19-36(33)43(37(34)26-32)38-24-27(3)22-23-41-38/h7-12,14-26,28H,5-6,13H2,1-4H3. The first-order valence-electron chi connectivity index (χ1n) is 16.0. The maximum absolute atomic E-state index is 6.58. The lowest BCUT2D eigenvalue weighted by Gasteiger charge is -2.16. The first-order chi connectivity index (χ1) is 22.1. The lowest BCUT2D eigenvalue weighted by atomic mass is 9.93. The SMILES string of the molecule is CCCc1nn(-c2cccc(Oc3ccc4c5ccccc5n(-c5cc(C)ccn5)c4c3)c2)c(C(C)CC)c1-c1ccccc1. The molecule has 0 fully saturated rings. The van der Waals surface area contributed by atoms with E-state index in [1.807, 2.05) is 18.3 Å². The largest absolute Gasteiger partial charge is 0.457 e. The molecule has 1 atom stereocenters. The van der Waals surface area contributed by atoms with Crippen LogP contribution in [0.5, 0.6) is 11.5 Å². The van der Waals surface area contributed by atoms with Crippen molar-refractivity contribution in [2.45, 2.75) is 52.9 Å². The summed E-state index contributed by atoms with van der Waals surface area (Å²) < 4.78 is 11.0. The molecule has 7 aromatic rings. The van der Waals surface area contributed by atoms with Gasteiger partial charge in [-0.05, 0) is 79.3 Å². The van der Waals surface area contributed by atoms with Crippen LogP contribution in [0.15, 0.2) is 115 Å². The quantitative estimate of drug-likeness (QED) is 0.168. The Morgan fingerprint density at radius 1 is 0.756 bits per heavy atom. The van der Waals surface area contributed by atoms with Gasteiger partial charge in [-0.25, -0.2) is 9.67 Å². The zero-order chi connectivity index (χ0) is 30.9. The van der Waals surface area contributed by atoms with Crippen LogP contribution in [0.4, 0.5) is 0 Å². The summed E-state index contributed by atoms with van der Waals surface area (Å²) in [5.41, 5.74) is 9.24. The molecule has 0 saturated heterocycles. The van der Waals surface area contributed by atoms with E-state index in [-0.39, 0.29) is 0 Å². The molecule has 0 amide bonds. The van der Waals surface area contributed by atoms with Gasteiger partial charge >= 0.3 is 0 Å². The monoisotopic (exact) mass is 590 g/mol. The van der Waals surface area contributed by atoms with Gasteiger partial charge in [0.25, 0.3) is 0 Å². The number of aryl methyl sites for hydroxylation is 2. The maximum Gasteiger partial charge on any atom is 0.137 e. The number of hydrogen-bond acceptors (Lipinski definition) is 3. The van der Waals surface area contributed by atoms with Crippen molar-refractivity contribution in [3.63, 3.8) is 0 Å². The number of para-hydroxylation sites is 1. The Bertz CT molecular complexity index is 2120. The second kappa shape index (κ2) is 12.1. The van der Waals surface area contributed by atoms with Crippen LogP contribution in [0.1, 0.15) is 56.5 Å². The molecule has 3 heterocycles. The molecule has 224 valence electrons. The number of hydrogen-bond donors (Lipinski definition) is 0. The predicted octanol–water partition coefficient (Wildman–Crippen LogP) is 10.6. The summed E-state index contributed by atoms with van der Waals surface area (Å²) >= 11 is 0. The maximum atomic E-state index is 6.58. The molecule has 0 radical (unpaired) electrons. The molecule has 3 aromatic heterocycles. The van der Waals surface area contributed by atoms with Gasteiger partial charge in [-0.15, -0.1) is 0 Å². The lowest BCUT2D eigenvalue weighted by molar-refractivity contribution is 0.482. The molecule has 0 aliphatic carbocycles. The van der Waals surface area contributed by atoms with E-state index >= 15 is 0 Å². The van der Waals surface area contributed by atoms with E-state index in [0.29, 0.717) is 5.92 Å². The van der Waals surface area contributed by atoms with E-state index in [4.69, 9.17) is 14.8 Å². The summed E-state index contributed by atoms with van der Waals surface area (Å²) in [6, 6.07) is 38.0. The number of rotatable bonds is 9. The lowest BCUT2D eigenvalue weighted by Crippen LogP contribution is -2.06. The summed E-state index contributed by atoms with van der Waals surface area (Å²) in [5.74, 6) is 2.78. The fraction of sp³-hybridized carbons (Fsp3) is 0.200. The molecule has 1 unspecified atom stereocenters. The molecular formula is C40H38N4O. The van der Waals surface area contributed by atoms with Crippen molar-refractivity contribution in [2.24, 2.45) is 0 Å². The van der Waals surface area contributed by atoms with Crippen molar-refractivity contribution in [3.05, 3.63) is 132 Å². The highest BCUT2D eigenvalue weighted by molar-refractivity contribution is 6.09. The van der Waals surface area contributed by atoms with Gasteiger partial charge in [0.05, 0.1) is 28.1 Å². The zero-order valence-electron chi connectivity index (χ0n) is 26.4. The number of nitrogens with zero attached hydrogens (tertiary/aromatic N) is 4. The van der Waals surface area contributed by atoms with E-state index in [9.17, 15) is 0 Å². The second-order valence-electron chi connectivity index (χ2n) is 11.9. The van der Waals surface area contributed by atoms with Crippen molar-refractivity contribution < 1.29 is 4.74 Å². The summed E-state index contributed by atoms with van der Waals surface area (Å²) in [7, 11) is 0. The van der Waals surface area contributed by atoms with Gasteiger partial charge in [-0.1, -0.05) is 81.8 Å². The smallest absolute Gasteiger partial charge is 0.137 e. The van der Waals surface area contributed by atoms with Gasteiger partial charge < -0.3 is 4.74 Å². The third-order valence-corrected chi connectivity index (χ3v) is 8.70. The average Bonchev–Trinajstić information content (AvgIpc) is 3.61. The molecular weight excluding hydrogens is 552 g/mol. The van der Waals surface area contributed by atoms with E-state index < -0.39 is 0 Å². The summed E-state index contributed by atoms with van der Waals surface area (Å²) in [4.78, 5) is 4.73. The molecule has 7 rings (SSSR count). The van der Waals surface area contributed by atoms with Gasteiger partial charge in [0, 0.05) is 34.7 Å². The zero-order valence-corrected chi connectivity index (χ0v) is 26.4. The van der Waals surface area contributed by atoms with E-state index in [1.54, 1.807) is 0 Å². The minimum absolute atomic E-state index is 0.336. The number of pyridine rings is 1. The van der Waals surface area contributed by atoms with Crippen LogP contribution in [-0.2, 0) is 6.42 Å². The number of benzene rings is 4. The molecule has 0 saturated carbocycles. The Morgan fingerprint density at radius 2 is 1.53 bits per heavy atom. The van der Waals surface area contributed by atoms with E-state index in [2.05, 4.69) is 134 Å². The highest BCUT2D eigenvalue weighted by Gasteiger charge is 2.23. The predicted molar refractivity (Wildman–Crippen MR) is 185 cm³/mol. The highest BCUT2D eigenvalue weighted by atomic mass is 16.5. The molecule has 0 spiro atoms. The van der Waals surface area contributed by atoms with E-state index in [0.717, 1.165) is 59.0 Å². The topological polar surface area (TPSA) is 44.9 Å². The number of fused-ring (bicyclic) bond motifs is 3. The normalized spacial score (nSPS) is 12.2. The van der Waals surface area contributed by atoms with Crippen LogP contribution in [0, 0.1) is 6.92 Å². The first kappa shape index (κ1) is 28.6. The minimum Gasteiger partial charge on any atom is -0.457 e. The first-order valence-corrected chi connectivity index (χ1v) is 16.0. The second-order valence-corrected chi connectivity index (χ2v) is 11.9. The molecule has 0 aliphatic heterocycles. The minimum atomic E-state index is 0.336. The molecule has 0 N–H and O–H groups in total. The van der Waals surface area contributed by atoms with Crippen molar-refractivity contribution in [1.29, 1.82) is 0 Å². The van der Waals surface area contributed by atoms with Gasteiger partial charge in [0.2, 0.25) is 0 Å². The van der Waals surface area contributed by atoms with Gasteiger partial charge in [0.1, 0.15) is 17.3 Å². The Labute approximate surface area is 264 Å². The van der Waals surface area contributed by atoms with Gasteiger partial charge in [-0.2, -0.15) is 5.10 Å². The van der Waals surface area contributed by atoms with Crippen LogP contribution in [0.2, 0.25) is 0 Å². The van der Waals surface area contributed by atoms with E-state index in [1.165, 1.54) is 33.2 Å². The van der Waals surface area contributed by atoms with Gasteiger partial charge in [0.15, 0.2) is 0 Å². The van der Waals surface area contributed by atoms with Crippen molar-refractivity contribution >= 4 is 21.8 Å². The number of ether oxygens (including phenoxy) is 1.